The van der Waals surface area contributed by atoms with E-state index in [0.29, 0.717) is 19.1 Å². The average molecular weight is 289 g/mol. The smallest absolute Gasteiger partial charge is 0.141 e. The Balaban J connectivity index is 1.77. The summed E-state index contributed by atoms with van der Waals surface area (Å²) in [5.74, 6) is 1.42. The molecule has 1 saturated carbocycles. The first-order chi connectivity index (χ1) is 10.1. The van der Waals surface area contributed by atoms with Crippen LogP contribution in [0.5, 0.6) is 0 Å². The molecule has 2 heterocycles. The topological polar surface area (TPSA) is 41.3 Å². The number of rotatable bonds is 6. The standard InChI is InChI=1S/C16H20FN3O/c1-11-12(5-6-21-11)10-20(2)16-13(7-14(17)9-19-16)8-18-15-3-4-15/h5-7,9,15,18H,3-4,8,10H2,1-2H3. The van der Waals surface area contributed by atoms with Gasteiger partial charge < -0.3 is 14.6 Å². The van der Waals surface area contributed by atoms with Crippen molar-refractivity contribution in [2.75, 3.05) is 11.9 Å². The van der Waals surface area contributed by atoms with Crippen LogP contribution in [0.1, 0.15) is 29.7 Å². The molecule has 0 unspecified atom stereocenters. The molecule has 1 N–H and O–H groups in total. The largest absolute Gasteiger partial charge is 0.469 e. The van der Waals surface area contributed by atoms with Crippen molar-refractivity contribution in [1.29, 1.82) is 0 Å². The van der Waals surface area contributed by atoms with Crippen LogP contribution < -0.4 is 10.2 Å². The number of aryl methyl sites for hydroxylation is 1. The highest BCUT2D eigenvalue weighted by molar-refractivity contribution is 5.47. The zero-order valence-corrected chi connectivity index (χ0v) is 12.4. The van der Waals surface area contributed by atoms with Crippen molar-refractivity contribution in [3.63, 3.8) is 0 Å². The van der Waals surface area contributed by atoms with Crippen LogP contribution in [-0.2, 0) is 13.1 Å². The van der Waals surface area contributed by atoms with Crippen molar-refractivity contribution >= 4 is 5.82 Å². The number of hydrogen-bond donors (Lipinski definition) is 1. The summed E-state index contributed by atoms with van der Waals surface area (Å²) in [6, 6.07) is 4.11. The third-order valence-electron chi connectivity index (χ3n) is 3.80. The van der Waals surface area contributed by atoms with Crippen molar-refractivity contribution in [1.82, 2.24) is 10.3 Å². The second kappa shape index (κ2) is 5.85. The molecule has 0 aromatic carbocycles. The van der Waals surface area contributed by atoms with Crippen LogP contribution >= 0.6 is 0 Å². The van der Waals surface area contributed by atoms with Gasteiger partial charge in [0.15, 0.2) is 0 Å². The van der Waals surface area contributed by atoms with Crippen molar-refractivity contribution in [3.8, 4) is 0 Å². The van der Waals surface area contributed by atoms with E-state index >= 15 is 0 Å². The lowest BCUT2D eigenvalue weighted by atomic mass is 10.2. The first-order valence-corrected chi connectivity index (χ1v) is 7.25. The Morgan fingerprint density at radius 2 is 2.24 bits per heavy atom. The average Bonchev–Trinajstić information content (AvgIpc) is 3.20. The van der Waals surface area contributed by atoms with Gasteiger partial charge in [-0.25, -0.2) is 9.37 Å². The van der Waals surface area contributed by atoms with Crippen molar-refractivity contribution in [2.45, 2.75) is 38.9 Å². The van der Waals surface area contributed by atoms with Crippen LogP contribution in [-0.4, -0.2) is 18.1 Å². The van der Waals surface area contributed by atoms with Gasteiger partial charge in [0, 0.05) is 37.3 Å². The molecule has 4 nitrogen and oxygen atoms in total. The van der Waals surface area contributed by atoms with Gasteiger partial charge in [0.2, 0.25) is 0 Å². The number of pyridine rings is 1. The second-order valence-electron chi connectivity index (χ2n) is 5.65. The third kappa shape index (κ3) is 3.42. The second-order valence-corrected chi connectivity index (χ2v) is 5.65. The lowest BCUT2D eigenvalue weighted by Crippen LogP contribution is -2.23. The zero-order chi connectivity index (χ0) is 14.8. The normalized spacial score (nSPS) is 14.4. The van der Waals surface area contributed by atoms with Crippen molar-refractivity contribution in [3.05, 3.63) is 47.3 Å². The SMILES string of the molecule is Cc1occc1CN(C)c1ncc(F)cc1CNC1CC1. The van der Waals surface area contributed by atoms with E-state index in [9.17, 15) is 4.39 Å². The minimum atomic E-state index is -0.292. The molecule has 0 atom stereocenters. The quantitative estimate of drug-likeness (QED) is 0.887. The number of nitrogens with one attached hydrogen (secondary N) is 1. The van der Waals surface area contributed by atoms with Crippen LogP contribution in [0, 0.1) is 12.7 Å². The van der Waals surface area contributed by atoms with Crippen LogP contribution in [0.2, 0.25) is 0 Å². The zero-order valence-electron chi connectivity index (χ0n) is 12.4. The van der Waals surface area contributed by atoms with E-state index in [1.54, 1.807) is 12.3 Å². The van der Waals surface area contributed by atoms with Gasteiger partial charge in [-0.3, -0.25) is 0 Å². The minimum absolute atomic E-state index is 0.292. The molecule has 0 aliphatic heterocycles. The maximum absolute atomic E-state index is 13.5. The molecule has 0 amide bonds. The monoisotopic (exact) mass is 289 g/mol. The molecule has 112 valence electrons. The molecule has 0 bridgehead atoms. The summed E-state index contributed by atoms with van der Waals surface area (Å²) in [7, 11) is 1.97. The van der Waals surface area contributed by atoms with E-state index in [1.807, 2.05) is 24.9 Å². The van der Waals surface area contributed by atoms with E-state index in [2.05, 4.69) is 10.3 Å². The highest BCUT2D eigenvalue weighted by Crippen LogP contribution is 2.23. The van der Waals surface area contributed by atoms with Gasteiger partial charge in [0.25, 0.3) is 0 Å². The first-order valence-electron chi connectivity index (χ1n) is 7.25. The molecule has 1 fully saturated rings. The van der Waals surface area contributed by atoms with Crippen LogP contribution in [0.4, 0.5) is 10.2 Å². The predicted octanol–water partition coefficient (Wildman–Crippen LogP) is 3.01. The molecular weight excluding hydrogens is 269 g/mol. The van der Waals surface area contributed by atoms with Gasteiger partial charge in [-0.1, -0.05) is 0 Å². The summed E-state index contributed by atoms with van der Waals surface area (Å²) in [5, 5.41) is 3.41. The molecular formula is C16H20FN3O. The maximum atomic E-state index is 13.5. The van der Waals surface area contributed by atoms with Crippen molar-refractivity contribution < 1.29 is 8.81 Å². The summed E-state index contributed by atoms with van der Waals surface area (Å²) in [6.07, 6.45) is 5.38. The van der Waals surface area contributed by atoms with Crippen LogP contribution in [0.3, 0.4) is 0 Å². The third-order valence-corrected chi connectivity index (χ3v) is 3.80. The van der Waals surface area contributed by atoms with E-state index < -0.39 is 0 Å². The molecule has 2 aromatic rings. The van der Waals surface area contributed by atoms with Gasteiger partial charge in [0.05, 0.1) is 12.5 Å². The summed E-state index contributed by atoms with van der Waals surface area (Å²) in [4.78, 5) is 6.30. The Bertz CT molecular complexity index is 622. The fraction of sp³-hybridized carbons (Fsp3) is 0.438. The van der Waals surface area contributed by atoms with Crippen LogP contribution in [0.15, 0.2) is 29.0 Å². The van der Waals surface area contributed by atoms with Gasteiger partial charge in [-0.05, 0) is 31.9 Å². The lowest BCUT2D eigenvalue weighted by Gasteiger charge is -2.21. The number of furan rings is 1. The Labute approximate surface area is 124 Å². The molecule has 3 rings (SSSR count). The molecule has 1 aliphatic carbocycles. The number of aromatic nitrogens is 1. The fourth-order valence-electron chi connectivity index (χ4n) is 2.40. The number of nitrogens with zero attached hydrogens (tertiary/aromatic N) is 2. The molecule has 0 spiro atoms. The maximum Gasteiger partial charge on any atom is 0.141 e. The Hall–Kier alpha value is -1.88. The van der Waals surface area contributed by atoms with Gasteiger partial charge in [-0.15, -0.1) is 0 Å². The highest BCUT2D eigenvalue weighted by atomic mass is 19.1. The summed E-state index contributed by atoms with van der Waals surface area (Å²) >= 11 is 0. The van der Waals surface area contributed by atoms with Crippen LogP contribution in [0.25, 0.3) is 0 Å². The Morgan fingerprint density at radius 1 is 1.43 bits per heavy atom. The number of hydrogen-bond acceptors (Lipinski definition) is 4. The van der Waals surface area contributed by atoms with Gasteiger partial charge in [-0.2, -0.15) is 0 Å². The number of anilines is 1. The lowest BCUT2D eigenvalue weighted by molar-refractivity contribution is 0.529. The van der Waals surface area contributed by atoms with Gasteiger partial charge >= 0.3 is 0 Å². The minimum Gasteiger partial charge on any atom is -0.469 e. The van der Waals surface area contributed by atoms with E-state index in [0.717, 1.165) is 22.7 Å². The van der Waals surface area contributed by atoms with E-state index in [1.165, 1.54) is 19.0 Å². The molecule has 0 saturated heterocycles. The molecule has 2 aromatic heterocycles. The summed E-state index contributed by atoms with van der Waals surface area (Å²) in [5.41, 5.74) is 2.01. The van der Waals surface area contributed by atoms with E-state index in [4.69, 9.17) is 4.42 Å². The first kappa shape index (κ1) is 14.1. The summed E-state index contributed by atoms with van der Waals surface area (Å²) in [6.45, 7) is 3.29. The molecule has 0 radical (unpaired) electrons. The highest BCUT2D eigenvalue weighted by Gasteiger charge is 2.21. The molecule has 1 aliphatic rings. The van der Waals surface area contributed by atoms with E-state index in [-0.39, 0.29) is 5.82 Å². The van der Waals surface area contributed by atoms with Crippen molar-refractivity contribution in [2.24, 2.45) is 0 Å². The van der Waals surface area contributed by atoms with Gasteiger partial charge in [0.1, 0.15) is 17.4 Å². The molecule has 5 heteroatoms. The Morgan fingerprint density at radius 3 is 2.90 bits per heavy atom. The fourth-order valence-corrected chi connectivity index (χ4v) is 2.40. The molecule has 21 heavy (non-hydrogen) atoms. The Kier molecular flexibility index (Phi) is 3.92. The predicted molar refractivity (Wildman–Crippen MR) is 79.6 cm³/mol. The summed E-state index contributed by atoms with van der Waals surface area (Å²) < 4.78 is 18.8. The number of halogens is 1.